The molecule has 0 aromatic carbocycles. The first-order chi connectivity index (χ1) is 8.17. The summed E-state index contributed by atoms with van der Waals surface area (Å²) in [6, 6.07) is 0. The Morgan fingerprint density at radius 3 is 2.71 bits per heavy atom. The lowest BCUT2D eigenvalue weighted by atomic mass is 9.99. The maximum atomic E-state index is 12.2. The lowest BCUT2D eigenvalue weighted by Crippen LogP contribution is -2.40. The van der Waals surface area contributed by atoms with Crippen LogP contribution in [-0.4, -0.2) is 27.5 Å². The maximum Gasteiger partial charge on any atom is 0.267 e. The lowest BCUT2D eigenvalue weighted by Gasteiger charge is -2.29. The van der Waals surface area contributed by atoms with Gasteiger partial charge in [-0.05, 0) is 19.3 Å². The number of H-pyrrole nitrogens is 2. The number of fused-ring (bicyclic) bond motifs is 1. The van der Waals surface area contributed by atoms with Gasteiger partial charge in [0.05, 0.1) is 12.2 Å². The first-order valence-corrected chi connectivity index (χ1v) is 6.24. The molecule has 0 fully saturated rings. The van der Waals surface area contributed by atoms with Crippen LogP contribution in [-0.2, 0) is 17.8 Å². The number of carbonyl (C=O) groups excluding carboxylic acids is 1. The van der Waals surface area contributed by atoms with Gasteiger partial charge in [0.15, 0.2) is 0 Å². The van der Waals surface area contributed by atoms with Crippen molar-refractivity contribution in [1.29, 1.82) is 0 Å². The predicted octanol–water partition coefficient (Wildman–Crippen LogP) is 1.02. The van der Waals surface area contributed by atoms with Gasteiger partial charge >= 0.3 is 0 Å². The average Bonchev–Trinajstić information content (AvgIpc) is 2.72. The molecule has 1 aliphatic rings. The van der Waals surface area contributed by atoms with Crippen LogP contribution in [0.15, 0.2) is 4.79 Å². The van der Waals surface area contributed by atoms with Gasteiger partial charge in [-0.2, -0.15) is 0 Å². The molecule has 0 spiro atoms. The van der Waals surface area contributed by atoms with Gasteiger partial charge in [-0.15, -0.1) is 0 Å². The summed E-state index contributed by atoms with van der Waals surface area (Å²) in [7, 11) is 0. The van der Waals surface area contributed by atoms with Gasteiger partial charge in [0.1, 0.15) is 0 Å². The molecule has 5 heteroatoms. The Hall–Kier alpha value is -1.52. The second-order valence-corrected chi connectivity index (χ2v) is 4.56. The molecule has 0 aliphatic carbocycles. The van der Waals surface area contributed by atoms with E-state index in [1.54, 1.807) is 0 Å². The molecule has 0 saturated carbocycles. The predicted molar refractivity (Wildman–Crippen MR) is 64.6 cm³/mol. The van der Waals surface area contributed by atoms with Crippen molar-refractivity contribution in [2.45, 2.75) is 39.7 Å². The van der Waals surface area contributed by atoms with Crippen molar-refractivity contribution in [1.82, 2.24) is 15.1 Å². The molecule has 1 aromatic rings. The van der Waals surface area contributed by atoms with E-state index in [9.17, 15) is 9.59 Å². The van der Waals surface area contributed by atoms with E-state index in [1.807, 2.05) is 18.7 Å². The van der Waals surface area contributed by atoms with Crippen LogP contribution in [0.2, 0.25) is 0 Å². The first kappa shape index (κ1) is 12.0. The quantitative estimate of drug-likeness (QED) is 0.824. The Bertz CT molecular complexity index is 457. The zero-order valence-corrected chi connectivity index (χ0v) is 10.4. The van der Waals surface area contributed by atoms with E-state index in [4.69, 9.17) is 0 Å². The molecule has 0 bridgehead atoms. The van der Waals surface area contributed by atoms with Crippen molar-refractivity contribution in [3.05, 3.63) is 21.6 Å². The molecule has 17 heavy (non-hydrogen) atoms. The Morgan fingerprint density at radius 2 is 2.06 bits per heavy atom. The molecule has 0 atom stereocenters. The van der Waals surface area contributed by atoms with E-state index >= 15 is 0 Å². The lowest BCUT2D eigenvalue weighted by molar-refractivity contribution is -0.136. The van der Waals surface area contributed by atoms with Crippen LogP contribution in [0.25, 0.3) is 0 Å². The summed E-state index contributed by atoms with van der Waals surface area (Å²) < 4.78 is 0. The van der Waals surface area contributed by atoms with Crippen LogP contribution in [0, 0.1) is 5.92 Å². The average molecular weight is 237 g/mol. The molecule has 0 radical (unpaired) electrons. The highest BCUT2D eigenvalue weighted by Crippen LogP contribution is 2.18. The van der Waals surface area contributed by atoms with E-state index in [2.05, 4.69) is 10.2 Å². The SMILES string of the molecule is CCC(CC)C(=O)N1CCc2c([nH][nH]c2=O)C1. The number of hydrogen-bond donors (Lipinski definition) is 2. The van der Waals surface area contributed by atoms with E-state index in [1.165, 1.54) is 0 Å². The molecule has 2 N–H and O–H groups in total. The number of nitrogens with zero attached hydrogens (tertiary/aromatic N) is 1. The number of aromatic amines is 2. The third kappa shape index (κ3) is 2.14. The monoisotopic (exact) mass is 237 g/mol. The van der Waals surface area contributed by atoms with Crippen LogP contribution in [0.3, 0.4) is 0 Å². The summed E-state index contributed by atoms with van der Waals surface area (Å²) >= 11 is 0. The van der Waals surface area contributed by atoms with Crippen molar-refractivity contribution >= 4 is 5.91 Å². The number of carbonyl (C=O) groups is 1. The standard InChI is InChI=1S/C12H19N3O2/c1-3-8(4-2)12(17)15-6-5-9-10(7-15)13-14-11(9)16/h8H,3-7H2,1-2H3,(H2,13,14,16). The topological polar surface area (TPSA) is 69.0 Å². The van der Waals surface area contributed by atoms with Crippen LogP contribution in [0.5, 0.6) is 0 Å². The van der Waals surface area contributed by atoms with Gasteiger partial charge in [0.2, 0.25) is 5.91 Å². The van der Waals surface area contributed by atoms with E-state index in [0.717, 1.165) is 24.1 Å². The number of aromatic nitrogens is 2. The molecule has 94 valence electrons. The highest BCUT2D eigenvalue weighted by atomic mass is 16.2. The van der Waals surface area contributed by atoms with Gasteiger partial charge in [0, 0.05) is 18.0 Å². The van der Waals surface area contributed by atoms with Gasteiger partial charge in [-0.1, -0.05) is 13.8 Å². The molecule has 1 aliphatic heterocycles. The number of nitrogens with one attached hydrogen (secondary N) is 2. The molecule has 5 nitrogen and oxygen atoms in total. The number of hydrogen-bond acceptors (Lipinski definition) is 2. The molecular formula is C12H19N3O2. The summed E-state index contributed by atoms with van der Waals surface area (Å²) in [5.74, 6) is 0.324. The van der Waals surface area contributed by atoms with Crippen molar-refractivity contribution < 1.29 is 4.79 Å². The van der Waals surface area contributed by atoms with E-state index < -0.39 is 0 Å². The summed E-state index contributed by atoms with van der Waals surface area (Å²) in [4.78, 5) is 25.4. The molecule has 2 heterocycles. The summed E-state index contributed by atoms with van der Waals surface area (Å²) in [6.07, 6.45) is 2.41. The normalized spacial score (nSPS) is 15.1. The summed E-state index contributed by atoms with van der Waals surface area (Å²) in [5, 5.41) is 5.43. The Labute approximate surface area is 100 Å². The minimum Gasteiger partial charge on any atom is -0.336 e. The van der Waals surface area contributed by atoms with Crippen LogP contribution in [0.1, 0.15) is 37.9 Å². The Kier molecular flexibility index (Phi) is 3.36. The smallest absolute Gasteiger partial charge is 0.267 e. The van der Waals surface area contributed by atoms with Crippen molar-refractivity contribution in [2.24, 2.45) is 5.92 Å². The highest BCUT2D eigenvalue weighted by Gasteiger charge is 2.27. The summed E-state index contributed by atoms with van der Waals surface area (Å²) in [5.41, 5.74) is 1.62. The third-order valence-electron chi connectivity index (χ3n) is 3.59. The van der Waals surface area contributed by atoms with Gasteiger partial charge in [0.25, 0.3) is 5.56 Å². The van der Waals surface area contributed by atoms with E-state index in [0.29, 0.717) is 19.5 Å². The fourth-order valence-corrected chi connectivity index (χ4v) is 2.42. The van der Waals surface area contributed by atoms with Crippen LogP contribution < -0.4 is 5.56 Å². The molecule has 1 amide bonds. The Morgan fingerprint density at radius 1 is 1.35 bits per heavy atom. The van der Waals surface area contributed by atoms with Crippen molar-refractivity contribution in [3.8, 4) is 0 Å². The van der Waals surface area contributed by atoms with Crippen LogP contribution >= 0.6 is 0 Å². The number of amides is 1. The first-order valence-electron chi connectivity index (χ1n) is 6.24. The van der Waals surface area contributed by atoms with Gasteiger partial charge < -0.3 is 10.00 Å². The highest BCUT2D eigenvalue weighted by molar-refractivity contribution is 5.79. The molecule has 2 rings (SSSR count). The minimum absolute atomic E-state index is 0.0466. The van der Waals surface area contributed by atoms with E-state index in [-0.39, 0.29) is 17.4 Å². The zero-order valence-electron chi connectivity index (χ0n) is 10.4. The Balaban J connectivity index is 2.12. The van der Waals surface area contributed by atoms with Crippen molar-refractivity contribution in [3.63, 3.8) is 0 Å². The second kappa shape index (κ2) is 4.77. The largest absolute Gasteiger partial charge is 0.336 e. The molecule has 0 saturated heterocycles. The van der Waals surface area contributed by atoms with Crippen molar-refractivity contribution in [2.75, 3.05) is 6.54 Å². The number of rotatable bonds is 3. The van der Waals surface area contributed by atoms with Gasteiger partial charge in [-0.3, -0.25) is 14.7 Å². The molecule has 0 unspecified atom stereocenters. The third-order valence-corrected chi connectivity index (χ3v) is 3.59. The fraction of sp³-hybridized carbons (Fsp3) is 0.667. The van der Waals surface area contributed by atoms with Gasteiger partial charge in [-0.25, -0.2) is 0 Å². The van der Waals surface area contributed by atoms with Crippen LogP contribution in [0.4, 0.5) is 0 Å². The second-order valence-electron chi connectivity index (χ2n) is 4.56. The minimum atomic E-state index is -0.0466. The molecular weight excluding hydrogens is 218 g/mol. The zero-order chi connectivity index (χ0) is 12.4. The summed E-state index contributed by atoms with van der Waals surface area (Å²) in [6.45, 7) is 5.27. The fourth-order valence-electron chi connectivity index (χ4n) is 2.42. The maximum absolute atomic E-state index is 12.2. The molecule has 1 aromatic heterocycles.